The molecule has 2 atom stereocenters. The quantitative estimate of drug-likeness (QED) is 0.680. The molecule has 0 saturated heterocycles. The monoisotopic (exact) mass is 231 g/mol. The highest BCUT2D eigenvalue weighted by molar-refractivity contribution is 5.75. The molecule has 0 aliphatic rings. The van der Waals surface area contributed by atoms with E-state index in [-0.39, 0.29) is 12.0 Å². The Labute approximate surface area is 98.4 Å². The topological polar surface area (TPSA) is 58.6 Å². The lowest BCUT2D eigenvalue weighted by Crippen LogP contribution is -2.42. The van der Waals surface area contributed by atoms with Gasteiger partial charge in [0.1, 0.15) is 11.6 Å². The molecule has 16 heavy (non-hydrogen) atoms. The summed E-state index contributed by atoms with van der Waals surface area (Å²) in [5, 5.41) is 12.5. The molecule has 2 unspecified atom stereocenters. The van der Waals surface area contributed by atoms with Crippen molar-refractivity contribution in [2.24, 2.45) is 0 Å². The molecule has 96 valence electrons. The maximum atomic E-state index is 11.6. The largest absolute Gasteiger partial charge is 0.459 e. The Hall–Kier alpha value is -0.610. The predicted molar refractivity (Wildman–Crippen MR) is 64.2 cm³/mol. The number of ether oxygens (including phenoxy) is 1. The van der Waals surface area contributed by atoms with Gasteiger partial charge in [-0.25, -0.2) is 0 Å². The maximum Gasteiger partial charge on any atom is 0.323 e. The summed E-state index contributed by atoms with van der Waals surface area (Å²) in [7, 11) is 0. The number of aliphatic hydroxyl groups excluding tert-OH is 1. The first-order valence-electron chi connectivity index (χ1n) is 5.90. The van der Waals surface area contributed by atoms with Gasteiger partial charge in [0.2, 0.25) is 0 Å². The Balaban J connectivity index is 3.88. The molecule has 0 aliphatic heterocycles. The molecule has 0 fully saturated rings. The van der Waals surface area contributed by atoms with Crippen molar-refractivity contribution < 1.29 is 14.6 Å². The Kier molecular flexibility index (Phi) is 6.60. The predicted octanol–water partition coefficient (Wildman–Crippen LogP) is 1.47. The minimum atomic E-state index is -0.463. The van der Waals surface area contributed by atoms with Gasteiger partial charge in [-0.2, -0.15) is 0 Å². The number of rotatable bonds is 6. The van der Waals surface area contributed by atoms with Crippen LogP contribution in [0.25, 0.3) is 0 Å². The summed E-state index contributed by atoms with van der Waals surface area (Å²) >= 11 is 0. The Morgan fingerprint density at radius 1 is 1.44 bits per heavy atom. The highest BCUT2D eigenvalue weighted by Gasteiger charge is 2.21. The van der Waals surface area contributed by atoms with Crippen LogP contribution in [0.2, 0.25) is 0 Å². The van der Waals surface area contributed by atoms with E-state index in [4.69, 9.17) is 4.74 Å². The molecule has 0 bridgehead atoms. The van der Waals surface area contributed by atoms with E-state index in [9.17, 15) is 9.90 Å². The molecule has 0 rings (SSSR count). The lowest BCUT2D eigenvalue weighted by atomic mass is 10.2. The van der Waals surface area contributed by atoms with E-state index < -0.39 is 11.7 Å². The third-order valence-corrected chi connectivity index (χ3v) is 2.04. The fourth-order valence-corrected chi connectivity index (χ4v) is 1.22. The smallest absolute Gasteiger partial charge is 0.323 e. The van der Waals surface area contributed by atoms with Crippen LogP contribution >= 0.6 is 0 Å². The van der Waals surface area contributed by atoms with Gasteiger partial charge in [0.15, 0.2) is 0 Å². The van der Waals surface area contributed by atoms with E-state index in [1.54, 1.807) is 6.92 Å². The molecule has 0 amide bonds. The molecule has 0 spiro atoms. The van der Waals surface area contributed by atoms with Crippen LogP contribution < -0.4 is 5.32 Å². The van der Waals surface area contributed by atoms with Crippen molar-refractivity contribution in [1.82, 2.24) is 5.32 Å². The molecule has 0 aromatic carbocycles. The number of carbonyl (C=O) groups is 1. The third-order valence-electron chi connectivity index (χ3n) is 2.04. The highest BCUT2D eigenvalue weighted by Crippen LogP contribution is 2.08. The maximum absolute atomic E-state index is 11.6. The van der Waals surface area contributed by atoms with Crippen LogP contribution in [0.1, 0.15) is 47.5 Å². The molecule has 4 heteroatoms. The number of esters is 1. The van der Waals surface area contributed by atoms with E-state index in [1.807, 2.05) is 27.7 Å². The minimum absolute atomic E-state index is 0.281. The average molecular weight is 231 g/mol. The van der Waals surface area contributed by atoms with E-state index in [0.29, 0.717) is 6.54 Å². The fraction of sp³-hybridized carbons (Fsp3) is 0.917. The van der Waals surface area contributed by atoms with Crippen molar-refractivity contribution in [1.29, 1.82) is 0 Å². The SMILES string of the molecule is CCCC(O)CNC(C)C(=O)OC(C)(C)C. The zero-order valence-electron chi connectivity index (χ0n) is 11.0. The lowest BCUT2D eigenvalue weighted by Gasteiger charge is -2.23. The van der Waals surface area contributed by atoms with E-state index in [2.05, 4.69) is 5.32 Å². The summed E-state index contributed by atoms with van der Waals surface area (Å²) in [5.74, 6) is -0.281. The fourth-order valence-electron chi connectivity index (χ4n) is 1.22. The van der Waals surface area contributed by atoms with Gasteiger partial charge in [-0.3, -0.25) is 4.79 Å². The summed E-state index contributed by atoms with van der Waals surface area (Å²) in [4.78, 5) is 11.6. The van der Waals surface area contributed by atoms with Gasteiger partial charge in [-0.1, -0.05) is 13.3 Å². The molecule has 0 radical (unpaired) electrons. The minimum Gasteiger partial charge on any atom is -0.459 e. The van der Waals surface area contributed by atoms with Crippen LogP contribution in [-0.2, 0) is 9.53 Å². The Bertz CT molecular complexity index is 211. The summed E-state index contributed by atoms with van der Waals surface area (Å²) in [6.07, 6.45) is 1.28. The number of hydrogen-bond donors (Lipinski definition) is 2. The van der Waals surface area contributed by atoms with Crippen molar-refractivity contribution in [3.8, 4) is 0 Å². The van der Waals surface area contributed by atoms with Crippen molar-refractivity contribution in [2.75, 3.05) is 6.54 Å². The summed E-state index contributed by atoms with van der Waals surface area (Å²) < 4.78 is 5.21. The molecule has 4 nitrogen and oxygen atoms in total. The standard InChI is InChI=1S/C12H25NO3/c1-6-7-10(14)8-13-9(2)11(15)16-12(3,4)5/h9-10,13-14H,6-8H2,1-5H3. The molecular weight excluding hydrogens is 206 g/mol. The van der Waals surface area contributed by atoms with Gasteiger partial charge < -0.3 is 15.2 Å². The molecule has 2 N–H and O–H groups in total. The van der Waals surface area contributed by atoms with Gasteiger partial charge in [0.05, 0.1) is 6.10 Å². The van der Waals surface area contributed by atoms with E-state index in [1.165, 1.54) is 0 Å². The molecule has 0 aromatic heterocycles. The van der Waals surface area contributed by atoms with Crippen LogP contribution in [0.15, 0.2) is 0 Å². The van der Waals surface area contributed by atoms with Crippen LogP contribution in [0.3, 0.4) is 0 Å². The number of aliphatic hydroxyl groups is 1. The second-order valence-corrected chi connectivity index (χ2v) is 5.11. The van der Waals surface area contributed by atoms with Gasteiger partial charge in [0.25, 0.3) is 0 Å². The summed E-state index contributed by atoms with van der Waals surface area (Å²) in [5.41, 5.74) is -0.463. The summed E-state index contributed by atoms with van der Waals surface area (Å²) in [6.45, 7) is 9.69. The van der Waals surface area contributed by atoms with Crippen molar-refractivity contribution in [2.45, 2.75) is 65.2 Å². The molecule has 0 heterocycles. The van der Waals surface area contributed by atoms with E-state index in [0.717, 1.165) is 12.8 Å². The lowest BCUT2D eigenvalue weighted by molar-refractivity contribution is -0.157. The first-order chi connectivity index (χ1) is 7.26. The van der Waals surface area contributed by atoms with Gasteiger partial charge in [-0.05, 0) is 34.1 Å². The zero-order valence-corrected chi connectivity index (χ0v) is 11.0. The van der Waals surface area contributed by atoms with Gasteiger partial charge in [-0.15, -0.1) is 0 Å². The average Bonchev–Trinajstić information content (AvgIpc) is 2.11. The second-order valence-electron chi connectivity index (χ2n) is 5.11. The third kappa shape index (κ3) is 7.65. The van der Waals surface area contributed by atoms with Gasteiger partial charge >= 0.3 is 5.97 Å². The zero-order chi connectivity index (χ0) is 12.8. The second kappa shape index (κ2) is 6.86. The van der Waals surface area contributed by atoms with Crippen molar-refractivity contribution in [3.63, 3.8) is 0 Å². The molecule has 0 aliphatic carbocycles. The normalized spacial score (nSPS) is 15.6. The first kappa shape index (κ1) is 15.4. The van der Waals surface area contributed by atoms with E-state index >= 15 is 0 Å². The van der Waals surface area contributed by atoms with Crippen LogP contribution in [0, 0.1) is 0 Å². The van der Waals surface area contributed by atoms with Crippen molar-refractivity contribution >= 4 is 5.97 Å². The Morgan fingerprint density at radius 3 is 2.44 bits per heavy atom. The molecule has 0 aromatic rings. The molecule has 0 saturated carbocycles. The first-order valence-corrected chi connectivity index (χ1v) is 5.90. The number of hydrogen-bond acceptors (Lipinski definition) is 4. The van der Waals surface area contributed by atoms with Crippen LogP contribution in [0.4, 0.5) is 0 Å². The van der Waals surface area contributed by atoms with Crippen LogP contribution in [-0.4, -0.2) is 35.4 Å². The summed E-state index contributed by atoms with van der Waals surface area (Å²) in [6, 6.07) is -0.384. The highest BCUT2D eigenvalue weighted by atomic mass is 16.6. The number of carbonyl (C=O) groups excluding carboxylic acids is 1. The number of nitrogens with one attached hydrogen (secondary N) is 1. The Morgan fingerprint density at radius 2 is 2.00 bits per heavy atom. The van der Waals surface area contributed by atoms with Crippen molar-refractivity contribution in [3.05, 3.63) is 0 Å². The van der Waals surface area contributed by atoms with Crippen LogP contribution in [0.5, 0.6) is 0 Å². The van der Waals surface area contributed by atoms with Gasteiger partial charge in [0, 0.05) is 6.54 Å². The molecular formula is C12H25NO3.